The van der Waals surface area contributed by atoms with Gasteiger partial charge in [-0.2, -0.15) is 4.98 Å². The molecule has 4 aromatic rings. The van der Waals surface area contributed by atoms with Crippen molar-refractivity contribution >= 4 is 23.8 Å². The van der Waals surface area contributed by atoms with Crippen LogP contribution in [0, 0.1) is 19.3 Å². The van der Waals surface area contributed by atoms with Gasteiger partial charge in [-0.3, -0.25) is 9.52 Å². The van der Waals surface area contributed by atoms with Gasteiger partial charge in [-0.15, -0.1) is 0 Å². The van der Waals surface area contributed by atoms with Gasteiger partial charge in [0, 0.05) is 22.1 Å². The van der Waals surface area contributed by atoms with E-state index in [2.05, 4.69) is 60.6 Å². The van der Waals surface area contributed by atoms with Crippen LogP contribution in [0.15, 0.2) is 65.8 Å². The van der Waals surface area contributed by atoms with Crippen molar-refractivity contribution < 1.29 is 14.3 Å². The fourth-order valence-corrected chi connectivity index (χ4v) is 6.23. The van der Waals surface area contributed by atoms with Crippen molar-refractivity contribution in [3.05, 3.63) is 83.4 Å². The van der Waals surface area contributed by atoms with Crippen molar-refractivity contribution in [3.63, 3.8) is 0 Å². The van der Waals surface area contributed by atoms with Crippen LogP contribution in [0.2, 0.25) is 0 Å². The standard InChI is InChI=1S/C35H40N6O3S/c1-6-24(4)44-27-18-36-30(37-19-27)20-41-26(17-35(5)13-14-35)21-43-31-16-29(32-22(2)9-7-10-23(32)3)38-34(39-31)40-45-28-12-8-11-25(15-28)33(41)42/h7-12,15-16,18-19,24,26H,6,13-14,17,20-21H2,1-5H3,(H,38,39,40)/t24-,26-/m1/s1. The van der Waals surface area contributed by atoms with E-state index in [0.29, 0.717) is 29.0 Å². The lowest BCUT2D eigenvalue weighted by Crippen LogP contribution is -2.44. The summed E-state index contributed by atoms with van der Waals surface area (Å²) in [5.41, 5.74) is 4.83. The van der Waals surface area contributed by atoms with E-state index < -0.39 is 0 Å². The average molecular weight is 625 g/mol. The highest BCUT2D eigenvalue weighted by Crippen LogP contribution is 2.49. The summed E-state index contributed by atoms with van der Waals surface area (Å²) < 4.78 is 15.7. The number of fused-ring (bicyclic) bond motifs is 4. The van der Waals surface area contributed by atoms with Crippen molar-refractivity contribution in [1.29, 1.82) is 0 Å². The number of aromatic nitrogens is 4. The molecule has 9 nitrogen and oxygen atoms in total. The van der Waals surface area contributed by atoms with Crippen LogP contribution >= 0.6 is 11.9 Å². The van der Waals surface area contributed by atoms with Crippen molar-refractivity contribution in [2.24, 2.45) is 5.41 Å². The number of nitrogens with one attached hydrogen (secondary N) is 1. The summed E-state index contributed by atoms with van der Waals surface area (Å²) in [4.78, 5) is 35.8. The first kappa shape index (κ1) is 30.8. The first-order chi connectivity index (χ1) is 21.7. The van der Waals surface area contributed by atoms with E-state index in [0.717, 1.165) is 53.0 Å². The topological polar surface area (TPSA) is 102 Å². The number of amides is 1. The molecule has 1 aliphatic carbocycles. The Labute approximate surface area is 269 Å². The number of hydrogen-bond acceptors (Lipinski definition) is 9. The van der Waals surface area contributed by atoms with Crippen LogP contribution in [0.3, 0.4) is 0 Å². The highest BCUT2D eigenvalue weighted by molar-refractivity contribution is 8.00. The molecule has 1 saturated carbocycles. The normalized spacial score (nSPS) is 18.0. The summed E-state index contributed by atoms with van der Waals surface area (Å²) >= 11 is 1.36. The van der Waals surface area contributed by atoms with E-state index in [9.17, 15) is 4.79 Å². The number of rotatable bonds is 8. The van der Waals surface area contributed by atoms with Crippen LogP contribution in [0.5, 0.6) is 11.6 Å². The van der Waals surface area contributed by atoms with Crippen LogP contribution < -0.4 is 14.2 Å². The van der Waals surface area contributed by atoms with E-state index >= 15 is 0 Å². The average Bonchev–Trinajstić information content (AvgIpc) is 3.77. The first-order valence-corrected chi connectivity index (χ1v) is 16.4. The predicted molar refractivity (Wildman–Crippen MR) is 176 cm³/mol. The molecule has 2 aromatic heterocycles. The van der Waals surface area contributed by atoms with Gasteiger partial charge >= 0.3 is 0 Å². The Morgan fingerprint density at radius 3 is 2.53 bits per heavy atom. The maximum Gasteiger partial charge on any atom is 0.254 e. The summed E-state index contributed by atoms with van der Waals surface area (Å²) in [5.74, 6) is 1.97. The fraction of sp³-hybridized carbons (Fsp3) is 0.400. The molecule has 1 N–H and O–H groups in total. The molecule has 1 aliphatic heterocycles. The Morgan fingerprint density at radius 2 is 1.82 bits per heavy atom. The van der Waals surface area contributed by atoms with Crippen LogP contribution in [-0.2, 0) is 6.54 Å². The Bertz CT molecular complexity index is 1660. The van der Waals surface area contributed by atoms with Gasteiger partial charge < -0.3 is 14.4 Å². The van der Waals surface area contributed by atoms with E-state index in [1.165, 1.54) is 11.9 Å². The molecular weight excluding hydrogens is 584 g/mol. The van der Waals surface area contributed by atoms with Gasteiger partial charge in [0.2, 0.25) is 11.8 Å². The SMILES string of the molecule is CC[C@@H](C)Oc1cnc(CN2C(=O)c3cccc(c3)SNc3nc(cc(-c4c(C)cccc4C)n3)OC[C@H]2CC2(C)CC2)nc1. The van der Waals surface area contributed by atoms with E-state index in [-0.39, 0.29) is 36.6 Å². The third kappa shape index (κ3) is 7.39. The first-order valence-electron chi connectivity index (χ1n) is 15.6. The summed E-state index contributed by atoms with van der Waals surface area (Å²) in [7, 11) is 0. The lowest BCUT2D eigenvalue weighted by molar-refractivity contribution is 0.0533. The molecule has 10 heteroatoms. The quantitative estimate of drug-likeness (QED) is 0.200. The number of aryl methyl sites for hydroxylation is 2. The largest absolute Gasteiger partial charge is 0.487 e. The van der Waals surface area contributed by atoms with Crippen molar-refractivity contribution in [2.75, 3.05) is 11.3 Å². The fourth-order valence-electron chi connectivity index (χ4n) is 5.60. The van der Waals surface area contributed by atoms with Crippen molar-refractivity contribution in [1.82, 2.24) is 24.8 Å². The molecule has 6 rings (SSSR count). The molecule has 0 radical (unpaired) electrons. The molecule has 0 saturated heterocycles. The highest BCUT2D eigenvalue weighted by Gasteiger charge is 2.42. The molecule has 0 spiro atoms. The van der Waals surface area contributed by atoms with E-state index in [1.807, 2.05) is 42.2 Å². The smallest absolute Gasteiger partial charge is 0.254 e. The Hall–Kier alpha value is -4.18. The summed E-state index contributed by atoms with van der Waals surface area (Å²) in [5, 5.41) is 0. The second-order valence-electron chi connectivity index (χ2n) is 12.5. The van der Waals surface area contributed by atoms with Gasteiger partial charge in [0.05, 0.1) is 36.8 Å². The highest BCUT2D eigenvalue weighted by atomic mass is 32.2. The van der Waals surface area contributed by atoms with E-state index in [1.54, 1.807) is 12.4 Å². The van der Waals surface area contributed by atoms with Gasteiger partial charge in [-0.05, 0) is 93.1 Å². The zero-order valence-corrected chi connectivity index (χ0v) is 27.4. The number of hydrogen-bond donors (Lipinski definition) is 1. The Kier molecular flexibility index (Phi) is 8.94. The Morgan fingerprint density at radius 1 is 1.09 bits per heavy atom. The van der Waals surface area contributed by atoms with Crippen LogP contribution in [0.1, 0.15) is 73.8 Å². The lowest BCUT2D eigenvalue weighted by atomic mass is 9.97. The Balaban J connectivity index is 1.38. The minimum atomic E-state index is -0.239. The minimum Gasteiger partial charge on any atom is -0.487 e. The summed E-state index contributed by atoms with van der Waals surface area (Å²) in [6, 6.07) is 15.5. The number of benzene rings is 2. The van der Waals surface area contributed by atoms with Crippen LogP contribution in [0.25, 0.3) is 11.3 Å². The second kappa shape index (κ2) is 13.0. The zero-order chi connectivity index (χ0) is 31.6. The third-order valence-corrected chi connectivity index (χ3v) is 9.42. The monoisotopic (exact) mass is 624 g/mol. The third-order valence-electron chi connectivity index (χ3n) is 8.64. The number of anilines is 1. The molecular formula is C35H40N6O3S. The number of ether oxygens (including phenoxy) is 2. The molecule has 3 heterocycles. The lowest BCUT2D eigenvalue weighted by Gasteiger charge is -2.33. The number of carbonyl (C=O) groups is 1. The molecule has 1 fully saturated rings. The minimum absolute atomic E-state index is 0.0677. The molecule has 2 aliphatic rings. The number of nitrogens with zero attached hydrogens (tertiary/aromatic N) is 5. The molecule has 2 atom stereocenters. The second-order valence-corrected chi connectivity index (χ2v) is 13.4. The summed E-state index contributed by atoms with van der Waals surface area (Å²) in [6.45, 7) is 11.0. The molecule has 1 amide bonds. The van der Waals surface area contributed by atoms with Crippen LogP contribution in [-0.4, -0.2) is 49.5 Å². The van der Waals surface area contributed by atoms with Crippen LogP contribution in [0.4, 0.5) is 5.95 Å². The molecule has 2 aromatic carbocycles. The van der Waals surface area contributed by atoms with E-state index in [4.69, 9.17) is 19.4 Å². The molecule has 45 heavy (non-hydrogen) atoms. The molecule has 4 bridgehead atoms. The van der Waals surface area contributed by atoms with Gasteiger partial charge in [-0.1, -0.05) is 38.1 Å². The maximum absolute atomic E-state index is 14.3. The predicted octanol–water partition coefficient (Wildman–Crippen LogP) is 7.44. The molecule has 234 valence electrons. The van der Waals surface area contributed by atoms with Gasteiger partial charge in [0.15, 0.2) is 5.75 Å². The van der Waals surface area contributed by atoms with Crippen molar-refractivity contribution in [3.8, 4) is 22.9 Å². The van der Waals surface area contributed by atoms with Gasteiger partial charge in [-0.25, -0.2) is 15.0 Å². The van der Waals surface area contributed by atoms with Crippen molar-refractivity contribution in [2.45, 2.75) is 83.9 Å². The van der Waals surface area contributed by atoms with Gasteiger partial charge in [0.1, 0.15) is 12.4 Å². The molecule has 0 unspecified atom stereocenters. The maximum atomic E-state index is 14.3. The number of carbonyl (C=O) groups excluding carboxylic acids is 1. The summed E-state index contributed by atoms with van der Waals surface area (Å²) in [6.07, 6.45) is 7.36. The van der Waals surface area contributed by atoms with Gasteiger partial charge in [0.25, 0.3) is 5.91 Å². The zero-order valence-electron chi connectivity index (χ0n) is 26.5.